The first kappa shape index (κ1) is 28.8. The zero-order chi connectivity index (χ0) is 32.2. The van der Waals surface area contributed by atoms with Gasteiger partial charge in [0.25, 0.3) is 0 Å². The van der Waals surface area contributed by atoms with Gasteiger partial charge in [-0.05, 0) is 115 Å². The maximum Gasteiger partial charge on any atom is 0.0470 e. The Labute approximate surface area is 274 Å². The van der Waals surface area contributed by atoms with Crippen LogP contribution in [0, 0.1) is 6.92 Å². The summed E-state index contributed by atoms with van der Waals surface area (Å²) in [6.45, 7) is 18.8. The van der Waals surface area contributed by atoms with Crippen molar-refractivity contribution >= 4 is 27.8 Å². The standard InChI is InChI=1S/C45H43N/c1-28-24-32(25-29-14-9-10-15-33(28)29)46(30-20-22-35-34-16-11-12-17-37(34)44(5,6)40(35)26-30)31-21-23-36-41(27-31)45(7,8)39-19-13-18-38(42(36)39)43(2,3)4/h9-27H,1-8H3. The van der Waals surface area contributed by atoms with Gasteiger partial charge in [-0.15, -0.1) is 0 Å². The van der Waals surface area contributed by atoms with E-state index in [0.717, 1.165) is 0 Å². The summed E-state index contributed by atoms with van der Waals surface area (Å²) in [5, 5.41) is 2.57. The van der Waals surface area contributed by atoms with Gasteiger partial charge in [-0.1, -0.05) is 127 Å². The van der Waals surface area contributed by atoms with E-state index >= 15 is 0 Å². The van der Waals surface area contributed by atoms with Crippen molar-refractivity contribution in [3.63, 3.8) is 0 Å². The predicted octanol–water partition coefficient (Wildman–Crippen LogP) is 12.5. The van der Waals surface area contributed by atoms with Crippen LogP contribution in [0.3, 0.4) is 0 Å². The Kier molecular flexibility index (Phi) is 6.07. The monoisotopic (exact) mass is 597 g/mol. The number of hydrogen-bond acceptors (Lipinski definition) is 1. The first-order valence-corrected chi connectivity index (χ1v) is 16.7. The molecule has 2 aliphatic carbocycles. The summed E-state index contributed by atoms with van der Waals surface area (Å²) in [7, 11) is 0. The first-order valence-electron chi connectivity index (χ1n) is 16.7. The van der Waals surface area contributed by atoms with Crippen LogP contribution in [0.5, 0.6) is 0 Å². The molecule has 1 nitrogen and oxygen atoms in total. The predicted molar refractivity (Wildman–Crippen MR) is 197 cm³/mol. The van der Waals surface area contributed by atoms with Crippen LogP contribution in [0.15, 0.2) is 115 Å². The van der Waals surface area contributed by atoms with Crippen molar-refractivity contribution in [1.82, 2.24) is 0 Å². The Morgan fingerprint density at radius 3 is 1.83 bits per heavy atom. The second-order valence-corrected chi connectivity index (χ2v) is 15.6. The molecule has 0 saturated heterocycles. The number of benzene rings is 6. The molecule has 6 aromatic rings. The fourth-order valence-electron chi connectivity index (χ4n) is 8.43. The van der Waals surface area contributed by atoms with Crippen LogP contribution in [-0.2, 0) is 16.2 Å². The molecule has 228 valence electrons. The molecule has 8 rings (SSSR count). The average Bonchev–Trinajstić information content (AvgIpc) is 3.40. The van der Waals surface area contributed by atoms with Crippen molar-refractivity contribution in [3.8, 4) is 22.3 Å². The third-order valence-corrected chi connectivity index (χ3v) is 10.9. The van der Waals surface area contributed by atoms with Crippen LogP contribution in [0.1, 0.15) is 81.8 Å². The first-order chi connectivity index (χ1) is 21.9. The Morgan fingerprint density at radius 1 is 0.500 bits per heavy atom. The maximum atomic E-state index is 2.49. The van der Waals surface area contributed by atoms with Crippen LogP contribution in [0.2, 0.25) is 0 Å². The van der Waals surface area contributed by atoms with E-state index < -0.39 is 0 Å². The number of rotatable bonds is 3. The third kappa shape index (κ3) is 4.07. The van der Waals surface area contributed by atoms with Crippen LogP contribution in [0.4, 0.5) is 17.1 Å². The minimum Gasteiger partial charge on any atom is -0.310 e. The molecule has 0 aliphatic heterocycles. The molecule has 0 N–H and O–H groups in total. The van der Waals surface area contributed by atoms with E-state index in [1.807, 2.05) is 0 Å². The van der Waals surface area contributed by atoms with Gasteiger partial charge in [0.2, 0.25) is 0 Å². The third-order valence-electron chi connectivity index (χ3n) is 10.9. The molecule has 0 heterocycles. The van der Waals surface area contributed by atoms with E-state index in [1.54, 1.807) is 0 Å². The Balaban J connectivity index is 1.36. The zero-order valence-electron chi connectivity index (χ0n) is 28.4. The summed E-state index contributed by atoms with van der Waals surface area (Å²) in [6, 6.07) is 43.6. The molecule has 1 heteroatoms. The lowest BCUT2D eigenvalue weighted by Gasteiger charge is -2.30. The Morgan fingerprint density at radius 2 is 1.09 bits per heavy atom. The van der Waals surface area contributed by atoms with Crippen molar-refractivity contribution in [2.45, 2.75) is 71.6 Å². The summed E-state index contributed by atoms with van der Waals surface area (Å²) >= 11 is 0. The van der Waals surface area contributed by atoms with Gasteiger partial charge in [0, 0.05) is 27.9 Å². The number of nitrogens with zero attached hydrogens (tertiary/aromatic N) is 1. The molecule has 0 aromatic heterocycles. The fraction of sp³-hybridized carbons (Fsp3) is 0.244. The van der Waals surface area contributed by atoms with Crippen LogP contribution >= 0.6 is 0 Å². The number of hydrogen-bond donors (Lipinski definition) is 0. The van der Waals surface area contributed by atoms with Gasteiger partial charge < -0.3 is 4.90 Å². The largest absolute Gasteiger partial charge is 0.310 e. The number of anilines is 3. The molecule has 0 atom stereocenters. The smallest absolute Gasteiger partial charge is 0.0470 e. The van der Waals surface area contributed by atoms with Gasteiger partial charge >= 0.3 is 0 Å². The summed E-state index contributed by atoms with van der Waals surface area (Å²) < 4.78 is 0. The highest BCUT2D eigenvalue weighted by molar-refractivity contribution is 5.94. The molecule has 0 saturated carbocycles. The van der Waals surface area contributed by atoms with Gasteiger partial charge in [0.05, 0.1) is 0 Å². The van der Waals surface area contributed by atoms with Gasteiger partial charge in [0.15, 0.2) is 0 Å². The molecule has 46 heavy (non-hydrogen) atoms. The Hall–Kier alpha value is -4.62. The van der Waals surface area contributed by atoms with Gasteiger partial charge in [-0.2, -0.15) is 0 Å². The lowest BCUT2D eigenvalue weighted by Crippen LogP contribution is -2.18. The quantitative estimate of drug-likeness (QED) is 0.196. The van der Waals surface area contributed by atoms with Crippen LogP contribution in [0.25, 0.3) is 33.0 Å². The van der Waals surface area contributed by atoms with E-state index in [-0.39, 0.29) is 16.2 Å². The zero-order valence-corrected chi connectivity index (χ0v) is 28.4. The lowest BCUT2D eigenvalue weighted by molar-refractivity contribution is 0.589. The van der Waals surface area contributed by atoms with Crippen molar-refractivity contribution in [1.29, 1.82) is 0 Å². The SMILES string of the molecule is Cc1cc(N(c2ccc3c(c2)C(C)(C)c2ccccc2-3)c2ccc3c(c2)C(C)(C)c2cccc(C(C)(C)C)c2-3)cc2ccccc12. The van der Waals surface area contributed by atoms with Crippen molar-refractivity contribution in [2.24, 2.45) is 0 Å². The molecule has 0 fully saturated rings. The second kappa shape index (κ2) is 9.69. The van der Waals surface area contributed by atoms with Crippen molar-refractivity contribution < 1.29 is 0 Å². The summed E-state index contributed by atoms with van der Waals surface area (Å²) in [6.07, 6.45) is 0. The number of fused-ring (bicyclic) bond motifs is 7. The Bertz CT molecular complexity index is 2200. The summed E-state index contributed by atoms with van der Waals surface area (Å²) in [4.78, 5) is 2.49. The van der Waals surface area contributed by atoms with Gasteiger partial charge in [-0.25, -0.2) is 0 Å². The fourth-order valence-corrected chi connectivity index (χ4v) is 8.43. The number of aryl methyl sites for hydroxylation is 1. The van der Waals surface area contributed by atoms with Crippen LogP contribution < -0.4 is 4.90 Å². The highest BCUT2D eigenvalue weighted by Gasteiger charge is 2.39. The molecule has 0 radical (unpaired) electrons. The molecule has 0 spiro atoms. The molecular formula is C45H43N. The summed E-state index contributed by atoms with van der Waals surface area (Å²) in [5.41, 5.74) is 17.3. The van der Waals surface area contributed by atoms with Gasteiger partial charge in [-0.3, -0.25) is 0 Å². The van der Waals surface area contributed by atoms with E-state index in [1.165, 1.54) is 83.5 Å². The highest BCUT2D eigenvalue weighted by Crippen LogP contribution is 2.54. The van der Waals surface area contributed by atoms with Crippen molar-refractivity contribution in [2.75, 3.05) is 4.90 Å². The molecule has 6 aromatic carbocycles. The molecule has 0 bridgehead atoms. The van der Waals surface area contributed by atoms with Crippen molar-refractivity contribution in [3.05, 3.63) is 149 Å². The minimum absolute atomic E-state index is 0.0607. The van der Waals surface area contributed by atoms with E-state index in [9.17, 15) is 0 Å². The normalized spacial score (nSPS) is 15.3. The maximum absolute atomic E-state index is 2.49. The molecule has 0 unspecified atom stereocenters. The lowest BCUT2D eigenvalue weighted by atomic mass is 9.79. The molecule has 0 amide bonds. The second-order valence-electron chi connectivity index (χ2n) is 15.6. The molecular weight excluding hydrogens is 555 g/mol. The van der Waals surface area contributed by atoms with E-state index in [2.05, 4.69) is 176 Å². The summed E-state index contributed by atoms with van der Waals surface area (Å²) in [5.74, 6) is 0. The van der Waals surface area contributed by atoms with Crippen LogP contribution in [-0.4, -0.2) is 0 Å². The highest BCUT2D eigenvalue weighted by atomic mass is 15.1. The van der Waals surface area contributed by atoms with Gasteiger partial charge in [0.1, 0.15) is 0 Å². The van der Waals surface area contributed by atoms with E-state index in [4.69, 9.17) is 0 Å². The molecule has 2 aliphatic rings. The topological polar surface area (TPSA) is 3.24 Å². The van der Waals surface area contributed by atoms with E-state index in [0.29, 0.717) is 0 Å². The minimum atomic E-state index is -0.103. The average molecular weight is 598 g/mol.